The van der Waals surface area contributed by atoms with Crippen molar-refractivity contribution in [3.8, 4) is 11.5 Å². The molecule has 1 fully saturated rings. The van der Waals surface area contributed by atoms with Crippen molar-refractivity contribution in [1.29, 1.82) is 0 Å². The number of nitrogens with zero attached hydrogens (tertiary/aromatic N) is 1. The van der Waals surface area contributed by atoms with Crippen LogP contribution < -0.4 is 9.64 Å². The monoisotopic (exact) mass is 497 g/mol. The van der Waals surface area contributed by atoms with Gasteiger partial charge in [0, 0.05) is 0 Å². The molecule has 2 aliphatic rings. The molecule has 5 rings (SSSR count). The predicted octanol–water partition coefficient (Wildman–Crippen LogP) is 6.90. The van der Waals surface area contributed by atoms with Crippen LogP contribution in [0.25, 0.3) is 0 Å². The highest BCUT2D eigenvalue weighted by Crippen LogP contribution is 2.36. The summed E-state index contributed by atoms with van der Waals surface area (Å²) in [6.07, 6.45) is 2.88. The molecule has 1 heterocycles. The molecule has 0 aromatic heterocycles. The lowest BCUT2D eigenvalue weighted by Crippen LogP contribution is -2.35. The van der Waals surface area contributed by atoms with Crippen LogP contribution in [0, 0.1) is 17.8 Å². The molecule has 3 atom stereocenters. The van der Waals surface area contributed by atoms with E-state index >= 15 is 0 Å². The minimum Gasteiger partial charge on any atom is -0.458 e. The number of fused-ring (bicyclic) bond motifs is 1. The summed E-state index contributed by atoms with van der Waals surface area (Å²) in [5, 5.41) is 0. The summed E-state index contributed by atoms with van der Waals surface area (Å²) in [6.45, 7) is 6.51. The zero-order valence-corrected chi connectivity index (χ0v) is 21.3. The number of amides is 2. The van der Waals surface area contributed by atoms with Gasteiger partial charge in [-0.15, -0.1) is 0 Å². The lowest BCUT2D eigenvalue weighted by atomic mass is 9.75. The first-order valence-electron chi connectivity index (χ1n) is 12.9. The van der Waals surface area contributed by atoms with E-state index in [0.717, 1.165) is 24.2 Å². The quantitative estimate of drug-likeness (QED) is 0.274. The first-order chi connectivity index (χ1) is 17.8. The number of anilines is 1. The van der Waals surface area contributed by atoms with E-state index in [1.807, 2.05) is 30.3 Å². The number of para-hydroxylation sites is 1. The summed E-state index contributed by atoms with van der Waals surface area (Å²) >= 11 is 0. The standard InChI is InChI=1S/C31H31NO5/c1-19(2)25-15-9-20(3)17-28(25)37-31(35)21-10-16-26-27(18-21)30(34)32(29(26)33)22-11-13-24(14-12-22)36-23-7-5-4-6-8-23/h4-8,10-14,16,18-20,25,28H,9,15,17H2,1-3H3/t20-,25-,28+/m1/s1. The van der Waals surface area contributed by atoms with E-state index in [4.69, 9.17) is 9.47 Å². The molecule has 2 amide bonds. The molecule has 0 unspecified atom stereocenters. The summed E-state index contributed by atoms with van der Waals surface area (Å²) in [7, 11) is 0. The molecule has 0 bridgehead atoms. The van der Waals surface area contributed by atoms with Gasteiger partial charge in [-0.3, -0.25) is 9.59 Å². The third-order valence-corrected chi connectivity index (χ3v) is 7.42. The molecule has 0 spiro atoms. The number of esters is 1. The zero-order chi connectivity index (χ0) is 26.1. The molecule has 1 saturated carbocycles. The number of imide groups is 1. The van der Waals surface area contributed by atoms with Crippen molar-refractivity contribution in [1.82, 2.24) is 0 Å². The van der Waals surface area contributed by atoms with Gasteiger partial charge in [0.25, 0.3) is 11.8 Å². The molecule has 190 valence electrons. The number of hydrogen-bond donors (Lipinski definition) is 0. The molecule has 3 aromatic carbocycles. The average molecular weight is 498 g/mol. The number of rotatable bonds is 6. The van der Waals surface area contributed by atoms with Crippen LogP contribution in [0.3, 0.4) is 0 Å². The fourth-order valence-electron chi connectivity index (χ4n) is 5.35. The lowest BCUT2D eigenvalue weighted by molar-refractivity contribution is -0.0174. The average Bonchev–Trinajstić information content (AvgIpc) is 3.14. The van der Waals surface area contributed by atoms with E-state index in [1.165, 1.54) is 6.07 Å². The summed E-state index contributed by atoms with van der Waals surface area (Å²) in [6, 6.07) is 20.7. The number of ether oxygens (including phenoxy) is 2. The van der Waals surface area contributed by atoms with Crippen LogP contribution >= 0.6 is 0 Å². The largest absolute Gasteiger partial charge is 0.458 e. The van der Waals surface area contributed by atoms with Crippen LogP contribution in [0.15, 0.2) is 72.8 Å². The second kappa shape index (κ2) is 10.2. The molecule has 3 aromatic rings. The SMILES string of the molecule is CC(C)[C@H]1CC[C@@H](C)C[C@@H]1OC(=O)c1ccc2c(c1)C(=O)N(c1ccc(Oc3ccccc3)cc1)C2=O. The molecule has 1 aliphatic carbocycles. The third-order valence-electron chi connectivity index (χ3n) is 7.42. The summed E-state index contributed by atoms with van der Waals surface area (Å²) in [5.74, 6) is 1.20. The summed E-state index contributed by atoms with van der Waals surface area (Å²) < 4.78 is 11.8. The molecular formula is C31H31NO5. The van der Waals surface area contributed by atoms with Crippen LogP contribution in [0.1, 0.15) is 71.1 Å². The Hall–Kier alpha value is -3.93. The van der Waals surface area contributed by atoms with E-state index in [0.29, 0.717) is 34.9 Å². The van der Waals surface area contributed by atoms with Crippen LogP contribution in [-0.2, 0) is 4.74 Å². The fourth-order valence-corrected chi connectivity index (χ4v) is 5.35. The van der Waals surface area contributed by atoms with Crippen molar-refractivity contribution < 1.29 is 23.9 Å². The second-order valence-electron chi connectivity index (χ2n) is 10.4. The van der Waals surface area contributed by atoms with Crippen molar-refractivity contribution in [3.05, 3.63) is 89.5 Å². The van der Waals surface area contributed by atoms with Gasteiger partial charge < -0.3 is 9.47 Å². The normalized spacial score (nSPS) is 21.2. The first-order valence-corrected chi connectivity index (χ1v) is 12.9. The molecule has 37 heavy (non-hydrogen) atoms. The molecule has 0 saturated heterocycles. The van der Waals surface area contributed by atoms with Crippen LogP contribution in [0.4, 0.5) is 5.69 Å². The van der Waals surface area contributed by atoms with Crippen molar-refractivity contribution in [2.45, 2.75) is 46.1 Å². The smallest absolute Gasteiger partial charge is 0.338 e. The Morgan fingerprint density at radius 2 is 1.54 bits per heavy atom. The van der Waals surface area contributed by atoms with E-state index in [1.54, 1.807) is 36.4 Å². The molecule has 0 N–H and O–H groups in total. The molecule has 6 heteroatoms. The van der Waals surface area contributed by atoms with E-state index < -0.39 is 17.8 Å². The Kier molecular flexibility index (Phi) is 6.83. The Labute approximate surface area is 217 Å². The topological polar surface area (TPSA) is 72.9 Å². The van der Waals surface area contributed by atoms with Gasteiger partial charge in [-0.2, -0.15) is 0 Å². The molecule has 0 radical (unpaired) electrons. The Morgan fingerprint density at radius 1 is 0.865 bits per heavy atom. The number of carbonyl (C=O) groups excluding carboxylic acids is 3. The van der Waals surface area contributed by atoms with Crippen molar-refractivity contribution in [3.63, 3.8) is 0 Å². The Bertz CT molecular complexity index is 1320. The van der Waals surface area contributed by atoms with Crippen LogP contribution in [0.5, 0.6) is 11.5 Å². The number of benzene rings is 3. The van der Waals surface area contributed by atoms with Gasteiger partial charge in [-0.1, -0.05) is 45.4 Å². The van der Waals surface area contributed by atoms with E-state index in [9.17, 15) is 14.4 Å². The molecule has 6 nitrogen and oxygen atoms in total. The summed E-state index contributed by atoms with van der Waals surface area (Å²) in [4.78, 5) is 40.5. The highest BCUT2D eigenvalue weighted by Gasteiger charge is 2.38. The van der Waals surface area contributed by atoms with Gasteiger partial charge in [0.2, 0.25) is 0 Å². The van der Waals surface area contributed by atoms with E-state index in [2.05, 4.69) is 20.8 Å². The van der Waals surface area contributed by atoms with Gasteiger partial charge in [0.05, 0.1) is 22.4 Å². The summed E-state index contributed by atoms with van der Waals surface area (Å²) in [5.41, 5.74) is 1.21. The maximum atomic E-state index is 13.3. The van der Waals surface area contributed by atoms with Crippen LogP contribution in [0.2, 0.25) is 0 Å². The lowest BCUT2D eigenvalue weighted by Gasteiger charge is -2.36. The predicted molar refractivity (Wildman–Crippen MR) is 141 cm³/mol. The highest BCUT2D eigenvalue weighted by molar-refractivity contribution is 6.34. The van der Waals surface area contributed by atoms with Crippen molar-refractivity contribution >= 4 is 23.5 Å². The van der Waals surface area contributed by atoms with Gasteiger partial charge in [0.15, 0.2) is 0 Å². The van der Waals surface area contributed by atoms with Gasteiger partial charge in [-0.05, 0) is 85.2 Å². The maximum Gasteiger partial charge on any atom is 0.338 e. The van der Waals surface area contributed by atoms with Gasteiger partial charge in [0.1, 0.15) is 17.6 Å². The number of hydrogen-bond acceptors (Lipinski definition) is 5. The Morgan fingerprint density at radius 3 is 2.24 bits per heavy atom. The van der Waals surface area contributed by atoms with Gasteiger partial charge >= 0.3 is 5.97 Å². The first kappa shape index (κ1) is 24.8. The molecular weight excluding hydrogens is 466 g/mol. The fraction of sp³-hybridized carbons (Fsp3) is 0.323. The zero-order valence-electron chi connectivity index (χ0n) is 21.3. The molecule has 1 aliphatic heterocycles. The second-order valence-corrected chi connectivity index (χ2v) is 10.4. The third kappa shape index (κ3) is 5.01. The minimum atomic E-state index is -0.460. The van der Waals surface area contributed by atoms with Gasteiger partial charge in [-0.25, -0.2) is 9.69 Å². The van der Waals surface area contributed by atoms with Crippen molar-refractivity contribution in [2.24, 2.45) is 17.8 Å². The van der Waals surface area contributed by atoms with E-state index in [-0.39, 0.29) is 22.8 Å². The van der Waals surface area contributed by atoms with Crippen LogP contribution in [-0.4, -0.2) is 23.9 Å². The van der Waals surface area contributed by atoms with Crippen molar-refractivity contribution in [2.75, 3.05) is 4.90 Å². The minimum absolute atomic E-state index is 0.144. The number of carbonyl (C=O) groups is 3. The maximum absolute atomic E-state index is 13.3. The Balaban J connectivity index is 1.32. The highest BCUT2D eigenvalue weighted by atomic mass is 16.5.